The average Bonchev–Trinajstić information content (AvgIpc) is 3.11. The van der Waals surface area contributed by atoms with E-state index < -0.39 is 11.9 Å². The van der Waals surface area contributed by atoms with E-state index in [2.05, 4.69) is 10.4 Å². The fourth-order valence-corrected chi connectivity index (χ4v) is 3.99. The third-order valence-electron chi connectivity index (χ3n) is 4.87. The van der Waals surface area contributed by atoms with E-state index in [1.807, 2.05) is 30.9 Å². The van der Waals surface area contributed by atoms with Crippen LogP contribution in [0.5, 0.6) is 5.75 Å². The first-order valence-corrected chi connectivity index (χ1v) is 11.1. The maximum atomic E-state index is 13.9. The van der Waals surface area contributed by atoms with E-state index in [1.165, 1.54) is 23.9 Å². The molecule has 0 aliphatic carbocycles. The van der Waals surface area contributed by atoms with Crippen LogP contribution in [0.4, 0.5) is 9.18 Å². The highest BCUT2D eigenvalue weighted by molar-refractivity contribution is 8.18. The van der Waals surface area contributed by atoms with Gasteiger partial charge in [0.1, 0.15) is 11.6 Å². The fourth-order valence-electron chi connectivity index (χ4n) is 3.08. The van der Waals surface area contributed by atoms with Crippen LogP contribution in [0.2, 0.25) is 0 Å². The van der Waals surface area contributed by atoms with Crippen molar-refractivity contribution in [3.8, 4) is 5.75 Å². The molecule has 10 heteroatoms. The van der Waals surface area contributed by atoms with Gasteiger partial charge in [0, 0.05) is 44.4 Å². The lowest BCUT2D eigenvalue weighted by molar-refractivity contribution is -0.113. The molecule has 0 aromatic heterocycles. The first-order chi connectivity index (χ1) is 14.9. The van der Waals surface area contributed by atoms with E-state index in [0.717, 1.165) is 32.0 Å². The predicted octanol–water partition coefficient (Wildman–Crippen LogP) is 2.78. The molecule has 0 unspecified atom stereocenters. The van der Waals surface area contributed by atoms with Gasteiger partial charge in [0.25, 0.3) is 5.91 Å². The summed E-state index contributed by atoms with van der Waals surface area (Å²) >= 11 is 1.25. The Labute approximate surface area is 186 Å². The van der Waals surface area contributed by atoms with Crippen LogP contribution in [0.25, 0.3) is 6.08 Å². The van der Waals surface area contributed by atoms with Gasteiger partial charge >= 0.3 is 6.09 Å². The highest BCUT2D eigenvalue weighted by Crippen LogP contribution is 2.33. The number of aliphatic imine (C=N–C) groups is 1. The van der Waals surface area contributed by atoms with Crippen LogP contribution in [0.1, 0.15) is 25.3 Å². The summed E-state index contributed by atoms with van der Waals surface area (Å²) in [4.78, 5) is 33.0. The number of nitrogens with zero attached hydrogens (tertiary/aromatic N) is 4. The number of thioether (sulfide) groups is 1. The lowest BCUT2D eigenvalue weighted by atomic mass is 10.2. The van der Waals surface area contributed by atoms with Crippen LogP contribution in [0.3, 0.4) is 0 Å². The molecular weight excluding hydrogens is 421 g/mol. The molecule has 1 saturated heterocycles. The second-order valence-corrected chi connectivity index (χ2v) is 8.52. The van der Waals surface area contributed by atoms with Crippen molar-refractivity contribution in [2.75, 3.05) is 46.8 Å². The summed E-state index contributed by atoms with van der Waals surface area (Å²) in [6, 6.07) is 3.92. The Morgan fingerprint density at radius 1 is 1.35 bits per heavy atom. The normalized spacial score (nSPS) is 18.0. The van der Waals surface area contributed by atoms with Gasteiger partial charge in [0.15, 0.2) is 5.17 Å². The predicted molar refractivity (Wildman–Crippen MR) is 120 cm³/mol. The zero-order chi connectivity index (χ0) is 22.4. The Morgan fingerprint density at radius 2 is 2.16 bits per heavy atom. The number of amides is 2. The molecule has 2 heterocycles. The van der Waals surface area contributed by atoms with Crippen molar-refractivity contribution in [3.05, 3.63) is 34.5 Å². The summed E-state index contributed by atoms with van der Waals surface area (Å²) in [6.45, 7) is 5.11. The van der Waals surface area contributed by atoms with Crippen molar-refractivity contribution in [1.82, 2.24) is 20.2 Å². The topological polar surface area (TPSA) is 77.5 Å². The molecule has 3 rings (SSSR count). The number of hydrogen-bond acceptors (Lipinski definition) is 7. The van der Waals surface area contributed by atoms with Gasteiger partial charge in [0.05, 0.1) is 4.91 Å². The fraction of sp³-hybridized carbons (Fsp3) is 0.476. The molecule has 0 spiro atoms. The SMILES string of the molecule is CCN(CCN(C)C)C(=O)Oc1cc(F)ccc1C=C1SC(N2CCCCN2)=NC1=O. The van der Waals surface area contributed by atoms with Gasteiger partial charge in [-0.1, -0.05) is 0 Å². The van der Waals surface area contributed by atoms with E-state index >= 15 is 0 Å². The first kappa shape index (κ1) is 23.2. The maximum absolute atomic E-state index is 13.9. The first-order valence-electron chi connectivity index (χ1n) is 10.3. The molecule has 0 bridgehead atoms. The van der Waals surface area contributed by atoms with Crippen LogP contribution in [0.15, 0.2) is 28.1 Å². The molecule has 8 nitrogen and oxygen atoms in total. The summed E-state index contributed by atoms with van der Waals surface area (Å²) in [6.07, 6.45) is 3.14. The second-order valence-electron chi connectivity index (χ2n) is 7.51. The van der Waals surface area contributed by atoms with E-state index in [0.29, 0.717) is 35.3 Å². The number of amidine groups is 1. The number of hydrogen-bond donors (Lipinski definition) is 1. The Balaban J connectivity index is 1.75. The molecule has 1 aromatic carbocycles. The van der Waals surface area contributed by atoms with E-state index in [4.69, 9.17) is 4.74 Å². The third-order valence-corrected chi connectivity index (χ3v) is 5.87. The van der Waals surface area contributed by atoms with Gasteiger partial charge in [-0.25, -0.2) is 14.6 Å². The Bertz CT molecular complexity index is 884. The minimum Gasteiger partial charge on any atom is -0.409 e. The summed E-state index contributed by atoms with van der Waals surface area (Å²) in [5, 5.41) is 2.47. The summed E-state index contributed by atoms with van der Waals surface area (Å²) in [7, 11) is 3.84. The van der Waals surface area contributed by atoms with Crippen molar-refractivity contribution >= 4 is 35.0 Å². The highest BCUT2D eigenvalue weighted by atomic mass is 32.2. The second kappa shape index (κ2) is 10.7. The number of carbonyl (C=O) groups is 2. The zero-order valence-electron chi connectivity index (χ0n) is 18.1. The Morgan fingerprint density at radius 3 is 2.84 bits per heavy atom. The number of halogens is 1. The number of hydrazine groups is 1. The smallest absolute Gasteiger partial charge is 0.409 e. The van der Waals surface area contributed by atoms with Crippen LogP contribution in [-0.4, -0.2) is 78.8 Å². The molecular formula is C21H28FN5O3S. The van der Waals surface area contributed by atoms with Crippen molar-refractivity contribution in [3.63, 3.8) is 0 Å². The molecule has 2 aliphatic rings. The van der Waals surface area contributed by atoms with Crippen LogP contribution in [-0.2, 0) is 4.79 Å². The molecule has 1 aromatic rings. The molecule has 168 valence electrons. The zero-order valence-corrected chi connectivity index (χ0v) is 18.9. The van der Waals surface area contributed by atoms with Gasteiger partial charge < -0.3 is 14.5 Å². The number of benzene rings is 1. The third kappa shape index (κ3) is 6.28. The minimum atomic E-state index is -0.561. The number of rotatable bonds is 6. The van der Waals surface area contributed by atoms with Crippen LogP contribution < -0.4 is 10.2 Å². The molecule has 2 amide bonds. The summed E-state index contributed by atoms with van der Waals surface area (Å²) in [5.41, 5.74) is 3.67. The van der Waals surface area contributed by atoms with E-state index in [1.54, 1.807) is 11.0 Å². The van der Waals surface area contributed by atoms with E-state index in [9.17, 15) is 14.0 Å². The monoisotopic (exact) mass is 449 g/mol. The summed E-state index contributed by atoms with van der Waals surface area (Å²) in [5.74, 6) is -0.824. The lowest BCUT2D eigenvalue weighted by Crippen LogP contribution is -2.45. The van der Waals surface area contributed by atoms with Crippen molar-refractivity contribution in [2.24, 2.45) is 4.99 Å². The Kier molecular flexibility index (Phi) is 8.05. The molecule has 0 radical (unpaired) electrons. The highest BCUT2D eigenvalue weighted by Gasteiger charge is 2.27. The molecule has 1 N–H and O–H groups in total. The number of likely N-dealkylation sites (N-methyl/N-ethyl adjacent to an activating group) is 2. The number of carbonyl (C=O) groups excluding carboxylic acids is 2. The van der Waals surface area contributed by atoms with E-state index in [-0.39, 0.29) is 11.7 Å². The number of nitrogens with one attached hydrogen (secondary N) is 1. The molecule has 0 saturated carbocycles. The van der Waals surface area contributed by atoms with Crippen LogP contribution in [0, 0.1) is 5.82 Å². The lowest BCUT2D eigenvalue weighted by Gasteiger charge is -2.28. The van der Waals surface area contributed by atoms with Gasteiger partial charge in [-0.2, -0.15) is 4.99 Å². The maximum Gasteiger partial charge on any atom is 0.415 e. The molecule has 0 atom stereocenters. The average molecular weight is 450 g/mol. The van der Waals surface area contributed by atoms with Gasteiger partial charge in [-0.15, -0.1) is 0 Å². The minimum absolute atomic E-state index is 0.0683. The molecule has 1 fully saturated rings. The largest absolute Gasteiger partial charge is 0.415 e. The van der Waals surface area contributed by atoms with Gasteiger partial charge in [-0.3, -0.25) is 9.80 Å². The molecule has 2 aliphatic heterocycles. The Hall–Kier alpha value is -2.43. The number of ether oxygens (including phenoxy) is 1. The van der Waals surface area contributed by atoms with Crippen molar-refractivity contribution < 1.29 is 18.7 Å². The summed E-state index contributed by atoms with van der Waals surface area (Å²) < 4.78 is 19.4. The van der Waals surface area contributed by atoms with Gasteiger partial charge in [0.2, 0.25) is 0 Å². The standard InChI is InChI=1S/C21H28FN5O3S/c1-4-26(12-11-25(2)3)21(29)30-17-14-16(22)8-7-15(17)13-18-19(28)24-20(31-18)27-10-6-5-9-23-27/h7-8,13-14,23H,4-6,9-12H2,1-3H3. The van der Waals surface area contributed by atoms with Crippen molar-refractivity contribution in [2.45, 2.75) is 19.8 Å². The quantitative estimate of drug-likeness (QED) is 0.669. The van der Waals surface area contributed by atoms with Crippen LogP contribution >= 0.6 is 11.8 Å². The van der Waals surface area contributed by atoms with Crippen molar-refractivity contribution in [1.29, 1.82) is 0 Å². The molecule has 31 heavy (non-hydrogen) atoms. The van der Waals surface area contributed by atoms with Gasteiger partial charge in [-0.05, 0) is 63.8 Å².